The highest BCUT2D eigenvalue weighted by atomic mass is 16.5. The Morgan fingerprint density at radius 2 is 1.75 bits per heavy atom. The van der Waals surface area contributed by atoms with E-state index in [2.05, 4.69) is 43.9 Å². The molecule has 1 aliphatic rings. The van der Waals surface area contributed by atoms with Gasteiger partial charge in [0, 0.05) is 6.04 Å². The number of piperidine rings is 1. The van der Waals surface area contributed by atoms with Gasteiger partial charge in [0.25, 0.3) is 0 Å². The van der Waals surface area contributed by atoms with E-state index in [4.69, 9.17) is 4.74 Å². The van der Waals surface area contributed by atoms with Gasteiger partial charge in [-0.3, -0.25) is 0 Å². The Balaban J connectivity index is 1.74. The van der Waals surface area contributed by atoms with Crippen LogP contribution in [0.1, 0.15) is 51.5 Å². The van der Waals surface area contributed by atoms with Gasteiger partial charge >= 0.3 is 0 Å². The zero-order chi connectivity index (χ0) is 14.4. The SMILES string of the molecule is Cc1ccccc1O[C@H](C)CC[C@@H](C)N1CCCCC1. The maximum Gasteiger partial charge on any atom is 0.122 e. The number of para-hydroxylation sites is 1. The molecule has 0 bridgehead atoms. The van der Waals surface area contributed by atoms with Crippen molar-refractivity contribution in [3.8, 4) is 5.75 Å². The van der Waals surface area contributed by atoms with Crippen molar-refractivity contribution in [2.24, 2.45) is 0 Å². The molecule has 0 amide bonds. The molecule has 1 saturated heterocycles. The Labute approximate surface area is 124 Å². The van der Waals surface area contributed by atoms with Gasteiger partial charge in [-0.25, -0.2) is 0 Å². The lowest BCUT2D eigenvalue weighted by Gasteiger charge is -2.33. The zero-order valence-electron chi connectivity index (χ0n) is 13.3. The third-order valence-electron chi connectivity index (χ3n) is 4.43. The van der Waals surface area contributed by atoms with E-state index >= 15 is 0 Å². The molecule has 1 aromatic rings. The standard InChI is InChI=1S/C18H29NO/c1-15-9-5-6-10-18(15)20-17(3)12-11-16(2)19-13-7-4-8-14-19/h5-6,9-10,16-17H,4,7-8,11-14H2,1-3H3/t16-,17-/m1/s1. The molecule has 0 saturated carbocycles. The highest BCUT2D eigenvalue weighted by molar-refractivity contribution is 5.31. The molecule has 20 heavy (non-hydrogen) atoms. The van der Waals surface area contributed by atoms with Crippen molar-refractivity contribution in [3.63, 3.8) is 0 Å². The summed E-state index contributed by atoms with van der Waals surface area (Å²) >= 11 is 0. The quantitative estimate of drug-likeness (QED) is 0.762. The monoisotopic (exact) mass is 275 g/mol. The lowest BCUT2D eigenvalue weighted by atomic mass is 10.0. The minimum absolute atomic E-state index is 0.295. The van der Waals surface area contributed by atoms with Gasteiger partial charge in [0.15, 0.2) is 0 Å². The molecular weight excluding hydrogens is 246 g/mol. The van der Waals surface area contributed by atoms with Crippen molar-refractivity contribution in [2.75, 3.05) is 13.1 Å². The zero-order valence-corrected chi connectivity index (χ0v) is 13.3. The number of aryl methyl sites for hydroxylation is 1. The maximum atomic E-state index is 6.06. The van der Waals surface area contributed by atoms with Gasteiger partial charge < -0.3 is 9.64 Å². The van der Waals surface area contributed by atoms with E-state index in [0.29, 0.717) is 12.1 Å². The average molecular weight is 275 g/mol. The summed E-state index contributed by atoms with van der Waals surface area (Å²) in [4.78, 5) is 2.64. The van der Waals surface area contributed by atoms with Gasteiger partial charge in [-0.15, -0.1) is 0 Å². The maximum absolute atomic E-state index is 6.06. The number of ether oxygens (including phenoxy) is 1. The predicted octanol–water partition coefficient (Wildman–Crippen LogP) is 4.42. The first kappa shape index (κ1) is 15.4. The molecule has 2 rings (SSSR count). The second kappa shape index (κ2) is 7.68. The molecule has 0 unspecified atom stereocenters. The summed E-state index contributed by atoms with van der Waals surface area (Å²) in [7, 11) is 0. The summed E-state index contributed by atoms with van der Waals surface area (Å²) < 4.78 is 6.06. The van der Waals surface area contributed by atoms with Crippen LogP contribution in [0.15, 0.2) is 24.3 Å². The summed E-state index contributed by atoms with van der Waals surface area (Å²) in [5.74, 6) is 1.03. The van der Waals surface area contributed by atoms with Crippen molar-refractivity contribution >= 4 is 0 Å². The summed E-state index contributed by atoms with van der Waals surface area (Å²) in [5, 5.41) is 0. The number of hydrogen-bond donors (Lipinski definition) is 0. The van der Waals surface area contributed by atoms with Gasteiger partial charge in [0.1, 0.15) is 5.75 Å². The largest absolute Gasteiger partial charge is 0.490 e. The average Bonchev–Trinajstić information content (AvgIpc) is 2.48. The Bertz CT molecular complexity index is 398. The predicted molar refractivity (Wildman–Crippen MR) is 85.4 cm³/mol. The smallest absolute Gasteiger partial charge is 0.122 e. The van der Waals surface area contributed by atoms with E-state index in [1.54, 1.807) is 0 Å². The molecular formula is C18H29NO. The molecule has 1 aliphatic heterocycles. The molecule has 112 valence electrons. The molecule has 1 heterocycles. The van der Waals surface area contributed by atoms with Crippen molar-refractivity contribution in [2.45, 2.75) is 65.0 Å². The third kappa shape index (κ3) is 4.52. The molecule has 0 aliphatic carbocycles. The normalized spacial score (nSPS) is 19.6. The summed E-state index contributed by atoms with van der Waals surface area (Å²) in [5.41, 5.74) is 1.23. The molecule has 2 atom stereocenters. The first-order chi connectivity index (χ1) is 9.66. The van der Waals surface area contributed by atoms with Gasteiger partial charge in [-0.1, -0.05) is 24.6 Å². The fourth-order valence-corrected chi connectivity index (χ4v) is 2.98. The van der Waals surface area contributed by atoms with Gasteiger partial charge in [-0.2, -0.15) is 0 Å². The highest BCUT2D eigenvalue weighted by Crippen LogP contribution is 2.21. The molecule has 0 spiro atoms. The molecule has 1 aromatic carbocycles. The van der Waals surface area contributed by atoms with Crippen LogP contribution in [-0.2, 0) is 0 Å². The minimum Gasteiger partial charge on any atom is -0.490 e. The van der Waals surface area contributed by atoms with Crippen molar-refractivity contribution in [1.29, 1.82) is 0 Å². The lowest BCUT2D eigenvalue weighted by molar-refractivity contribution is 0.142. The molecule has 0 N–H and O–H groups in total. The van der Waals surface area contributed by atoms with Crippen molar-refractivity contribution in [3.05, 3.63) is 29.8 Å². The highest BCUT2D eigenvalue weighted by Gasteiger charge is 2.17. The van der Waals surface area contributed by atoms with Gasteiger partial charge in [-0.05, 0) is 71.2 Å². The van der Waals surface area contributed by atoms with Gasteiger partial charge in [0.05, 0.1) is 6.10 Å². The molecule has 0 radical (unpaired) electrons. The van der Waals surface area contributed by atoms with E-state index in [9.17, 15) is 0 Å². The summed E-state index contributed by atoms with van der Waals surface area (Å²) in [6.45, 7) is 9.24. The second-order valence-electron chi connectivity index (χ2n) is 6.22. The molecule has 0 aromatic heterocycles. The third-order valence-corrected chi connectivity index (χ3v) is 4.43. The van der Waals surface area contributed by atoms with Crippen LogP contribution >= 0.6 is 0 Å². The van der Waals surface area contributed by atoms with E-state index in [1.165, 1.54) is 44.3 Å². The first-order valence-corrected chi connectivity index (χ1v) is 8.13. The molecule has 2 nitrogen and oxygen atoms in total. The van der Waals surface area contributed by atoms with E-state index < -0.39 is 0 Å². The number of likely N-dealkylation sites (tertiary alicyclic amines) is 1. The molecule has 2 heteroatoms. The number of benzene rings is 1. The van der Waals surface area contributed by atoms with Crippen LogP contribution in [0.3, 0.4) is 0 Å². The Morgan fingerprint density at radius 3 is 2.45 bits per heavy atom. The van der Waals surface area contributed by atoms with Crippen molar-refractivity contribution in [1.82, 2.24) is 4.90 Å². The lowest BCUT2D eigenvalue weighted by Crippen LogP contribution is -2.37. The number of nitrogens with zero attached hydrogens (tertiary/aromatic N) is 1. The van der Waals surface area contributed by atoms with Crippen LogP contribution in [0.4, 0.5) is 0 Å². The summed E-state index contributed by atoms with van der Waals surface area (Å²) in [6.07, 6.45) is 6.82. The fourth-order valence-electron chi connectivity index (χ4n) is 2.98. The van der Waals surface area contributed by atoms with E-state index in [-0.39, 0.29) is 0 Å². The number of rotatable bonds is 6. The van der Waals surface area contributed by atoms with Gasteiger partial charge in [0.2, 0.25) is 0 Å². The Kier molecular flexibility index (Phi) is 5.90. The van der Waals surface area contributed by atoms with Crippen LogP contribution in [0.25, 0.3) is 0 Å². The second-order valence-corrected chi connectivity index (χ2v) is 6.22. The van der Waals surface area contributed by atoms with Crippen LogP contribution in [-0.4, -0.2) is 30.1 Å². The molecule has 1 fully saturated rings. The van der Waals surface area contributed by atoms with Crippen LogP contribution < -0.4 is 4.74 Å². The fraction of sp³-hybridized carbons (Fsp3) is 0.667. The van der Waals surface area contributed by atoms with Crippen LogP contribution in [0.2, 0.25) is 0 Å². The Hall–Kier alpha value is -1.02. The van der Waals surface area contributed by atoms with E-state index in [1.807, 2.05) is 6.07 Å². The topological polar surface area (TPSA) is 12.5 Å². The first-order valence-electron chi connectivity index (χ1n) is 8.13. The minimum atomic E-state index is 0.295. The van der Waals surface area contributed by atoms with E-state index in [0.717, 1.165) is 12.2 Å². The summed E-state index contributed by atoms with van der Waals surface area (Å²) in [6, 6.07) is 8.98. The number of hydrogen-bond acceptors (Lipinski definition) is 2. The van der Waals surface area contributed by atoms with Crippen LogP contribution in [0.5, 0.6) is 5.75 Å². The Morgan fingerprint density at radius 1 is 1.05 bits per heavy atom. The van der Waals surface area contributed by atoms with Crippen LogP contribution in [0, 0.1) is 6.92 Å². The van der Waals surface area contributed by atoms with Crippen molar-refractivity contribution < 1.29 is 4.74 Å².